The van der Waals surface area contributed by atoms with Gasteiger partial charge in [0.2, 0.25) is 0 Å². The first kappa shape index (κ1) is 36.5. The quantitative estimate of drug-likeness (QED) is 0.159. The van der Waals surface area contributed by atoms with Crippen molar-refractivity contribution in [1.82, 2.24) is 4.57 Å². The minimum Gasteiger partial charge on any atom is -0.456 e. The molecule has 0 radical (unpaired) electrons. The van der Waals surface area contributed by atoms with Crippen LogP contribution >= 0.6 is 11.3 Å². The van der Waals surface area contributed by atoms with E-state index < -0.39 is 0 Å². The van der Waals surface area contributed by atoms with Gasteiger partial charge in [-0.05, 0) is 100 Å². The van der Waals surface area contributed by atoms with Crippen LogP contribution in [0.5, 0.6) is 0 Å². The molecular formula is C60H38N2OS. The number of para-hydroxylation sites is 2. The molecule has 4 heteroatoms. The Kier molecular flexibility index (Phi) is 8.40. The van der Waals surface area contributed by atoms with E-state index in [1.807, 2.05) is 11.3 Å². The summed E-state index contributed by atoms with van der Waals surface area (Å²) in [5.74, 6) is 0. The lowest BCUT2D eigenvalue weighted by Gasteiger charge is -2.27. The molecule has 0 saturated carbocycles. The zero-order valence-corrected chi connectivity index (χ0v) is 35.5. The molecule has 13 rings (SSSR count). The summed E-state index contributed by atoms with van der Waals surface area (Å²) in [4.78, 5) is 2.45. The average Bonchev–Trinajstić information content (AvgIpc) is 4.04. The highest BCUT2D eigenvalue weighted by Crippen LogP contribution is 2.50. The van der Waals surface area contributed by atoms with Crippen LogP contribution in [-0.4, -0.2) is 4.57 Å². The van der Waals surface area contributed by atoms with Crippen molar-refractivity contribution in [3.05, 3.63) is 231 Å². The minimum absolute atomic E-state index is 0.849. The summed E-state index contributed by atoms with van der Waals surface area (Å²) < 4.78 is 11.7. The van der Waals surface area contributed by atoms with Crippen LogP contribution in [0.2, 0.25) is 0 Å². The second-order valence-electron chi connectivity index (χ2n) is 16.5. The minimum atomic E-state index is 0.849. The predicted octanol–water partition coefficient (Wildman–Crippen LogP) is 17.5. The molecule has 0 fully saturated rings. The molecule has 0 aliphatic carbocycles. The Labute approximate surface area is 373 Å². The highest BCUT2D eigenvalue weighted by Gasteiger charge is 2.24. The molecule has 0 saturated heterocycles. The fraction of sp³-hybridized carbons (Fsp3) is 0. The van der Waals surface area contributed by atoms with E-state index in [0.717, 1.165) is 55.8 Å². The third-order valence-corrected chi connectivity index (χ3v) is 14.0. The van der Waals surface area contributed by atoms with Crippen molar-refractivity contribution in [2.45, 2.75) is 0 Å². The molecule has 0 N–H and O–H groups in total. The SMILES string of the molecule is c1ccc(-c2ccc3c(c2)oc2cc(N(c4ccc5c6ccccc6n(-c6ccccc6)c5c4)c4ccc(-c5ccccc5)c5sc6cc(-c7ccccc7)ccc6c45)ccc23)cc1. The molecule has 0 bridgehead atoms. The Morgan fingerprint density at radius 3 is 1.64 bits per heavy atom. The molecule has 3 aromatic heterocycles. The third-order valence-electron chi connectivity index (χ3n) is 12.8. The highest BCUT2D eigenvalue weighted by molar-refractivity contribution is 7.26. The van der Waals surface area contributed by atoms with E-state index in [4.69, 9.17) is 4.42 Å². The maximum atomic E-state index is 6.81. The molecule has 13 aromatic rings. The van der Waals surface area contributed by atoms with Crippen LogP contribution < -0.4 is 4.90 Å². The van der Waals surface area contributed by atoms with Gasteiger partial charge in [0.25, 0.3) is 0 Å². The number of thiophene rings is 1. The van der Waals surface area contributed by atoms with E-state index in [-0.39, 0.29) is 0 Å². The van der Waals surface area contributed by atoms with Gasteiger partial charge in [0.05, 0.1) is 16.7 Å². The number of hydrogen-bond donors (Lipinski definition) is 0. The Hall–Kier alpha value is -8.18. The fourth-order valence-electron chi connectivity index (χ4n) is 9.80. The molecule has 0 unspecified atom stereocenters. The Balaban J connectivity index is 1.09. The van der Waals surface area contributed by atoms with Crippen LogP contribution in [0, 0.1) is 0 Å². The van der Waals surface area contributed by atoms with Crippen LogP contribution in [0.3, 0.4) is 0 Å². The van der Waals surface area contributed by atoms with Crippen molar-refractivity contribution < 1.29 is 4.42 Å². The van der Waals surface area contributed by atoms with E-state index in [0.29, 0.717) is 0 Å². The molecule has 300 valence electrons. The second kappa shape index (κ2) is 14.7. The van der Waals surface area contributed by atoms with Crippen LogP contribution in [0.25, 0.3) is 103 Å². The van der Waals surface area contributed by atoms with Crippen molar-refractivity contribution in [1.29, 1.82) is 0 Å². The van der Waals surface area contributed by atoms with E-state index in [1.54, 1.807) is 0 Å². The molecule has 0 amide bonds. The third kappa shape index (κ3) is 5.88. The summed E-state index contributed by atoms with van der Waals surface area (Å²) in [7, 11) is 0. The van der Waals surface area contributed by atoms with Gasteiger partial charge in [-0.3, -0.25) is 0 Å². The largest absolute Gasteiger partial charge is 0.456 e. The second-order valence-corrected chi connectivity index (χ2v) is 17.5. The molecule has 0 spiro atoms. The van der Waals surface area contributed by atoms with E-state index in [9.17, 15) is 0 Å². The van der Waals surface area contributed by atoms with Crippen molar-refractivity contribution in [2.24, 2.45) is 0 Å². The van der Waals surface area contributed by atoms with Crippen molar-refractivity contribution in [3.8, 4) is 39.1 Å². The molecule has 3 heterocycles. The van der Waals surface area contributed by atoms with Crippen LogP contribution in [0.15, 0.2) is 235 Å². The number of hydrogen-bond acceptors (Lipinski definition) is 3. The molecule has 3 nitrogen and oxygen atoms in total. The first-order valence-electron chi connectivity index (χ1n) is 21.7. The number of furan rings is 1. The van der Waals surface area contributed by atoms with Crippen LogP contribution in [0.1, 0.15) is 0 Å². The Morgan fingerprint density at radius 1 is 0.375 bits per heavy atom. The topological polar surface area (TPSA) is 21.3 Å². The number of fused-ring (bicyclic) bond motifs is 9. The zero-order chi connectivity index (χ0) is 42.1. The van der Waals surface area contributed by atoms with Crippen molar-refractivity contribution in [2.75, 3.05) is 4.90 Å². The zero-order valence-electron chi connectivity index (χ0n) is 34.7. The van der Waals surface area contributed by atoms with Gasteiger partial charge in [-0.2, -0.15) is 0 Å². The van der Waals surface area contributed by atoms with Crippen molar-refractivity contribution in [3.63, 3.8) is 0 Å². The van der Waals surface area contributed by atoms with E-state index in [1.165, 1.54) is 64.3 Å². The van der Waals surface area contributed by atoms with Gasteiger partial charge in [-0.25, -0.2) is 0 Å². The standard InChI is InChI=1S/C60H38N2OS/c1-5-15-39(16-6-1)42-25-29-50-51-32-28-46(38-57(51)63-56(50)35-42)61(45-27-31-49-48-23-13-14-24-53(48)62(55(49)37-45)44-21-11-4-12-22-44)54-34-33-47(41-19-9-3-10-20-41)60-59(54)52-30-26-43(36-58(52)64-60)40-17-7-2-8-18-40/h1-38H. The summed E-state index contributed by atoms with van der Waals surface area (Å²) >= 11 is 1.87. The summed E-state index contributed by atoms with van der Waals surface area (Å²) in [5.41, 5.74) is 15.5. The Morgan fingerprint density at radius 2 is 0.922 bits per heavy atom. The summed E-state index contributed by atoms with van der Waals surface area (Å²) in [6.45, 7) is 0. The van der Waals surface area contributed by atoms with Crippen molar-refractivity contribution >= 4 is 92.3 Å². The lowest BCUT2D eigenvalue weighted by molar-refractivity contribution is 0.669. The molecular weight excluding hydrogens is 797 g/mol. The van der Waals surface area contributed by atoms with E-state index in [2.05, 4.69) is 240 Å². The first-order chi connectivity index (χ1) is 31.7. The highest BCUT2D eigenvalue weighted by atomic mass is 32.1. The normalized spacial score (nSPS) is 11.8. The predicted molar refractivity (Wildman–Crippen MR) is 272 cm³/mol. The monoisotopic (exact) mass is 834 g/mol. The van der Waals surface area contributed by atoms with Gasteiger partial charge in [0, 0.05) is 64.8 Å². The maximum Gasteiger partial charge on any atom is 0.137 e. The van der Waals surface area contributed by atoms with Crippen LogP contribution in [0.4, 0.5) is 17.1 Å². The lowest BCUT2D eigenvalue weighted by Crippen LogP contribution is -2.10. The first-order valence-corrected chi connectivity index (χ1v) is 22.6. The van der Waals surface area contributed by atoms with Gasteiger partial charge in [-0.15, -0.1) is 11.3 Å². The van der Waals surface area contributed by atoms with Crippen LogP contribution in [-0.2, 0) is 0 Å². The number of anilines is 3. The van der Waals surface area contributed by atoms with Gasteiger partial charge in [-0.1, -0.05) is 158 Å². The number of rotatable bonds is 7. The van der Waals surface area contributed by atoms with Gasteiger partial charge < -0.3 is 13.9 Å². The molecule has 0 aliphatic rings. The van der Waals surface area contributed by atoms with Gasteiger partial charge in [0.1, 0.15) is 11.2 Å². The van der Waals surface area contributed by atoms with Gasteiger partial charge in [0.15, 0.2) is 0 Å². The van der Waals surface area contributed by atoms with Gasteiger partial charge >= 0.3 is 0 Å². The van der Waals surface area contributed by atoms with E-state index >= 15 is 0 Å². The number of aromatic nitrogens is 1. The smallest absolute Gasteiger partial charge is 0.137 e. The molecule has 0 aliphatic heterocycles. The summed E-state index contributed by atoms with van der Waals surface area (Å²) in [6, 6.07) is 83.3. The fourth-order valence-corrected chi connectivity index (χ4v) is 11.1. The molecule has 10 aromatic carbocycles. The summed E-state index contributed by atoms with van der Waals surface area (Å²) in [5, 5.41) is 7.10. The average molecular weight is 835 g/mol. The molecule has 0 atom stereocenters. The Bertz CT molecular complexity index is 3890. The lowest BCUT2D eigenvalue weighted by atomic mass is 9.98. The molecule has 64 heavy (non-hydrogen) atoms. The number of benzene rings is 10. The number of nitrogens with zero attached hydrogens (tertiary/aromatic N) is 2. The summed E-state index contributed by atoms with van der Waals surface area (Å²) in [6.07, 6.45) is 0. The maximum absolute atomic E-state index is 6.81.